The molecule has 1 aliphatic heterocycles. The van der Waals surface area contributed by atoms with Gasteiger partial charge in [0.25, 0.3) is 0 Å². The number of aliphatic carboxylic acids is 1. The maximum atomic E-state index is 13.5. The van der Waals surface area contributed by atoms with E-state index >= 15 is 0 Å². The molecule has 0 aromatic carbocycles. The average molecular weight is 244 g/mol. The third kappa shape index (κ3) is 2.72. The molecule has 0 aromatic heterocycles. The van der Waals surface area contributed by atoms with E-state index in [1.165, 1.54) is 0 Å². The van der Waals surface area contributed by atoms with Gasteiger partial charge < -0.3 is 10.4 Å². The molecule has 7 heteroatoms. The lowest BCUT2D eigenvalue weighted by atomic mass is 10.1. The molecule has 2 fully saturated rings. The van der Waals surface area contributed by atoms with Crippen LogP contribution in [0.1, 0.15) is 25.7 Å². The smallest absolute Gasteiger partial charge is 0.324 e. The Labute approximate surface area is 96.8 Å². The standard InChI is InChI=1S/C10H13FN2O4/c11-10(1-2-10)5-13-7(14)3-6(4-8(15)16)12-9(13)17/h6H,1-5H2,(H,12,17)(H,15,16)/t6-/m1/s1. The number of hydrogen-bond acceptors (Lipinski definition) is 3. The van der Waals surface area contributed by atoms with E-state index in [2.05, 4.69) is 5.32 Å². The third-order valence-electron chi connectivity index (χ3n) is 2.95. The fraction of sp³-hybridized carbons (Fsp3) is 0.700. The molecule has 1 aliphatic carbocycles. The first-order chi connectivity index (χ1) is 7.89. The molecule has 2 aliphatic rings. The summed E-state index contributed by atoms with van der Waals surface area (Å²) in [4.78, 5) is 34.4. The molecule has 17 heavy (non-hydrogen) atoms. The number of alkyl halides is 1. The molecule has 2 rings (SSSR count). The second-order valence-electron chi connectivity index (χ2n) is 4.58. The van der Waals surface area contributed by atoms with Crippen LogP contribution in [0.4, 0.5) is 9.18 Å². The summed E-state index contributed by atoms with van der Waals surface area (Å²) in [6.07, 6.45) is 0.339. The van der Waals surface area contributed by atoms with Crippen molar-refractivity contribution in [3.05, 3.63) is 0 Å². The summed E-state index contributed by atoms with van der Waals surface area (Å²) in [6.45, 7) is -0.225. The van der Waals surface area contributed by atoms with E-state index in [0.29, 0.717) is 12.8 Å². The number of amides is 3. The summed E-state index contributed by atoms with van der Waals surface area (Å²) in [6, 6.07) is -1.39. The molecule has 0 bridgehead atoms. The Bertz CT molecular complexity index is 363. The van der Waals surface area contributed by atoms with Crippen molar-refractivity contribution < 1.29 is 23.9 Å². The van der Waals surface area contributed by atoms with Crippen LogP contribution in [-0.2, 0) is 9.59 Å². The summed E-state index contributed by atoms with van der Waals surface area (Å²) in [5, 5.41) is 11.0. The molecule has 0 radical (unpaired) electrons. The lowest BCUT2D eigenvalue weighted by molar-refractivity contribution is -0.138. The number of nitrogens with zero attached hydrogens (tertiary/aromatic N) is 1. The Morgan fingerprint density at radius 2 is 2.18 bits per heavy atom. The molecular formula is C10H13FN2O4. The molecule has 0 spiro atoms. The van der Waals surface area contributed by atoms with Crippen molar-refractivity contribution in [2.75, 3.05) is 6.54 Å². The predicted octanol–water partition coefficient (Wildman–Crippen LogP) is 0.274. The number of carboxylic acids is 1. The van der Waals surface area contributed by atoms with E-state index in [1.807, 2.05) is 0 Å². The van der Waals surface area contributed by atoms with E-state index < -0.39 is 29.6 Å². The molecule has 6 nitrogen and oxygen atoms in total. The minimum Gasteiger partial charge on any atom is -0.481 e. The molecule has 1 saturated carbocycles. The van der Waals surface area contributed by atoms with Crippen molar-refractivity contribution in [3.63, 3.8) is 0 Å². The van der Waals surface area contributed by atoms with Gasteiger partial charge in [-0.25, -0.2) is 9.18 Å². The van der Waals surface area contributed by atoms with Gasteiger partial charge in [-0.1, -0.05) is 0 Å². The lowest BCUT2D eigenvalue weighted by Crippen LogP contribution is -2.56. The number of rotatable bonds is 4. The highest BCUT2D eigenvalue weighted by atomic mass is 19.1. The molecule has 94 valence electrons. The summed E-state index contributed by atoms with van der Waals surface area (Å²) >= 11 is 0. The Morgan fingerprint density at radius 3 is 2.65 bits per heavy atom. The van der Waals surface area contributed by atoms with Crippen molar-refractivity contribution in [1.29, 1.82) is 0 Å². The molecule has 2 N–H and O–H groups in total. The van der Waals surface area contributed by atoms with Crippen LogP contribution in [0.5, 0.6) is 0 Å². The molecular weight excluding hydrogens is 231 g/mol. The van der Waals surface area contributed by atoms with E-state index in [4.69, 9.17) is 5.11 Å². The van der Waals surface area contributed by atoms with Gasteiger partial charge in [-0.05, 0) is 12.8 Å². The minimum absolute atomic E-state index is 0.0892. The van der Waals surface area contributed by atoms with E-state index in [-0.39, 0.29) is 19.4 Å². The van der Waals surface area contributed by atoms with Crippen LogP contribution < -0.4 is 5.32 Å². The normalized spacial score (nSPS) is 26.6. The van der Waals surface area contributed by atoms with Gasteiger partial charge in [0.15, 0.2) is 0 Å². The molecule has 1 atom stereocenters. The number of carbonyl (C=O) groups excluding carboxylic acids is 2. The quantitative estimate of drug-likeness (QED) is 0.743. The zero-order valence-corrected chi connectivity index (χ0v) is 9.11. The van der Waals surface area contributed by atoms with Crippen LogP contribution in [0.2, 0.25) is 0 Å². The number of halogens is 1. The second kappa shape index (κ2) is 3.97. The van der Waals surface area contributed by atoms with Crippen molar-refractivity contribution in [3.8, 4) is 0 Å². The zero-order valence-electron chi connectivity index (χ0n) is 9.11. The molecule has 1 heterocycles. The Hall–Kier alpha value is -1.66. The van der Waals surface area contributed by atoms with E-state index in [0.717, 1.165) is 4.90 Å². The maximum Gasteiger partial charge on any atom is 0.324 e. The number of imide groups is 1. The fourth-order valence-corrected chi connectivity index (χ4v) is 1.81. The van der Waals surface area contributed by atoms with Crippen LogP contribution in [0.25, 0.3) is 0 Å². The Balaban J connectivity index is 1.96. The highest BCUT2D eigenvalue weighted by Crippen LogP contribution is 2.40. The highest BCUT2D eigenvalue weighted by Gasteiger charge is 2.48. The van der Waals surface area contributed by atoms with Crippen molar-refractivity contribution in [2.45, 2.75) is 37.4 Å². The summed E-state index contributed by atoms with van der Waals surface area (Å²) in [7, 11) is 0. The van der Waals surface area contributed by atoms with Crippen LogP contribution in [-0.4, -0.2) is 46.2 Å². The first kappa shape index (κ1) is 11.8. The first-order valence-corrected chi connectivity index (χ1v) is 5.41. The van der Waals surface area contributed by atoms with Crippen molar-refractivity contribution in [2.24, 2.45) is 0 Å². The molecule has 1 saturated heterocycles. The number of carboxylic acid groups (broad SMARTS) is 1. The van der Waals surface area contributed by atoms with Gasteiger partial charge in [-0.15, -0.1) is 0 Å². The fourth-order valence-electron chi connectivity index (χ4n) is 1.81. The second-order valence-corrected chi connectivity index (χ2v) is 4.58. The summed E-state index contributed by atoms with van der Waals surface area (Å²) < 4.78 is 13.5. The number of hydrogen-bond donors (Lipinski definition) is 2. The van der Waals surface area contributed by atoms with Crippen LogP contribution >= 0.6 is 0 Å². The van der Waals surface area contributed by atoms with Crippen LogP contribution in [0.3, 0.4) is 0 Å². The number of urea groups is 1. The average Bonchev–Trinajstić information content (AvgIpc) is 2.90. The third-order valence-corrected chi connectivity index (χ3v) is 2.95. The van der Waals surface area contributed by atoms with Crippen molar-refractivity contribution >= 4 is 17.9 Å². The van der Waals surface area contributed by atoms with Gasteiger partial charge >= 0.3 is 12.0 Å². The Kier molecular flexibility index (Phi) is 2.76. The summed E-state index contributed by atoms with van der Waals surface area (Å²) in [5.41, 5.74) is -1.42. The first-order valence-electron chi connectivity index (χ1n) is 5.41. The van der Waals surface area contributed by atoms with E-state index in [1.54, 1.807) is 0 Å². The SMILES string of the molecule is O=C(O)C[C@H]1CC(=O)N(CC2(F)CC2)C(=O)N1. The van der Waals surface area contributed by atoms with Gasteiger partial charge in [-0.2, -0.15) is 0 Å². The molecule has 0 unspecified atom stereocenters. The van der Waals surface area contributed by atoms with Gasteiger partial charge in [0.2, 0.25) is 5.91 Å². The van der Waals surface area contributed by atoms with E-state index in [9.17, 15) is 18.8 Å². The molecule has 3 amide bonds. The number of carbonyl (C=O) groups is 3. The number of nitrogens with one attached hydrogen (secondary N) is 1. The lowest BCUT2D eigenvalue weighted by Gasteiger charge is -2.31. The predicted molar refractivity (Wildman–Crippen MR) is 54.0 cm³/mol. The Morgan fingerprint density at radius 1 is 1.53 bits per heavy atom. The topological polar surface area (TPSA) is 86.7 Å². The van der Waals surface area contributed by atoms with Crippen molar-refractivity contribution in [1.82, 2.24) is 10.2 Å². The van der Waals surface area contributed by atoms with Crippen LogP contribution in [0.15, 0.2) is 0 Å². The minimum atomic E-state index is -1.42. The largest absolute Gasteiger partial charge is 0.481 e. The van der Waals surface area contributed by atoms with Gasteiger partial charge in [-0.3, -0.25) is 14.5 Å². The van der Waals surface area contributed by atoms with Gasteiger partial charge in [0, 0.05) is 12.5 Å². The van der Waals surface area contributed by atoms with Gasteiger partial charge in [0.1, 0.15) is 5.67 Å². The highest BCUT2D eigenvalue weighted by molar-refractivity contribution is 5.97. The zero-order chi connectivity index (χ0) is 12.6. The van der Waals surface area contributed by atoms with Gasteiger partial charge in [0.05, 0.1) is 13.0 Å². The molecule has 0 aromatic rings. The van der Waals surface area contributed by atoms with Crippen LogP contribution in [0, 0.1) is 0 Å². The summed E-state index contributed by atoms with van der Waals surface area (Å²) in [5.74, 6) is -1.59. The monoisotopic (exact) mass is 244 g/mol. The maximum absolute atomic E-state index is 13.5.